The zero-order chi connectivity index (χ0) is 16.9. The second-order valence-corrected chi connectivity index (χ2v) is 6.71. The number of halogens is 1. The number of piperidine rings is 1. The maximum Gasteiger partial charge on any atom is 0.222 e. The van der Waals surface area contributed by atoms with E-state index >= 15 is 0 Å². The highest BCUT2D eigenvalue weighted by Crippen LogP contribution is 2.20. The number of aryl methyl sites for hydroxylation is 1. The number of aromatic nitrogens is 2. The lowest BCUT2D eigenvalue weighted by molar-refractivity contribution is -0.132. The Balaban J connectivity index is 0.00000225. The normalized spacial score (nSPS) is 16.3. The number of benzene rings is 1. The molecule has 2 heterocycles. The summed E-state index contributed by atoms with van der Waals surface area (Å²) in [6.45, 7) is 3.75. The van der Waals surface area contributed by atoms with Gasteiger partial charge < -0.3 is 10.6 Å². The third-order valence-corrected chi connectivity index (χ3v) is 4.92. The molecular weight excluding hydrogens is 336 g/mol. The van der Waals surface area contributed by atoms with Gasteiger partial charge in [-0.1, -0.05) is 18.2 Å². The van der Waals surface area contributed by atoms with E-state index in [9.17, 15) is 4.79 Å². The number of hydrogen-bond donors (Lipinski definition) is 1. The van der Waals surface area contributed by atoms with E-state index in [-0.39, 0.29) is 24.4 Å². The molecule has 1 unspecified atom stereocenters. The van der Waals surface area contributed by atoms with E-state index in [2.05, 4.69) is 12.0 Å². The predicted octanol–water partition coefficient (Wildman–Crippen LogP) is 2.81. The molecule has 2 N–H and O–H groups in total. The Hall–Kier alpha value is -1.85. The second kappa shape index (κ2) is 9.02. The molecule has 1 aromatic carbocycles. The third kappa shape index (κ3) is 5.06. The number of likely N-dealkylation sites (tertiary alicyclic amines) is 1. The van der Waals surface area contributed by atoms with E-state index in [4.69, 9.17) is 5.73 Å². The van der Waals surface area contributed by atoms with Gasteiger partial charge in [0.25, 0.3) is 0 Å². The summed E-state index contributed by atoms with van der Waals surface area (Å²) in [5.74, 6) is 0.795. The molecule has 0 aliphatic carbocycles. The van der Waals surface area contributed by atoms with Crippen molar-refractivity contribution < 1.29 is 4.79 Å². The number of amides is 1. The van der Waals surface area contributed by atoms with Gasteiger partial charge in [-0.2, -0.15) is 5.10 Å². The largest absolute Gasteiger partial charge is 0.343 e. The van der Waals surface area contributed by atoms with Gasteiger partial charge in [0.1, 0.15) is 0 Å². The maximum atomic E-state index is 12.4. The highest BCUT2D eigenvalue weighted by molar-refractivity contribution is 5.85. The molecule has 0 radical (unpaired) electrons. The average Bonchev–Trinajstić information content (AvgIpc) is 3.09. The van der Waals surface area contributed by atoms with Crippen LogP contribution in [-0.4, -0.2) is 39.7 Å². The summed E-state index contributed by atoms with van der Waals surface area (Å²) in [5, 5.41) is 4.38. The number of nitrogens with zero attached hydrogens (tertiary/aromatic N) is 3. The van der Waals surface area contributed by atoms with Crippen LogP contribution in [0.5, 0.6) is 0 Å². The Morgan fingerprint density at radius 1 is 1.28 bits per heavy atom. The molecule has 6 heteroatoms. The van der Waals surface area contributed by atoms with E-state index in [1.165, 1.54) is 0 Å². The minimum absolute atomic E-state index is 0. The quantitative estimate of drug-likeness (QED) is 0.889. The first-order valence-corrected chi connectivity index (χ1v) is 8.76. The number of nitrogens with two attached hydrogens (primary N) is 1. The molecule has 1 aromatic heterocycles. The van der Waals surface area contributed by atoms with Crippen molar-refractivity contribution in [3.8, 4) is 5.69 Å². The van der Waals surface area contributed by atoms with Crippen LogP contribution in [0.2, 0.25) is 0 Å². The lowest BCUT2D eigenvalue weighted by Gasteiger charge is -2.33. The van der Waals surface area contributed by atoms with Crippen LogP contribution in [0.4, 0.5) is 0 Å². The van der Waals surface area contributed by atoms with E-state index in [0.717, 1.165) is 43.6 Å². The first-order chi connectivity index (χ1) is 11.6. The van der Waals surface area contributed by atoms with Gasteiger partial charge in [-0.15, -0.1) is 12.4 Å². The molecular formula is C19H27ClN4O. The van der Waals surface area contributed by atoms with Gasteiger partial charge in [-0.25, -0.2) is 4.68 Å². The smallest absolute Gasteiger partial charge is 0.222 e. The Labute approximate surface area is 155 Å². The summed E-state index contributed by atoms with van der Waals surface area (Å²) in [5.41, 5.74) is 8.09. The molecule has 1 amide bonds. The molecule has 1 atom stereocenters. The average molecular weight is 363 g/mol. The van der Waals surface area contributed by atoms with Crippen LogP contribution in [0.3, 0.4) is 0 Å². The number of para-hydroxylation sites is 1. The predicted molar refractivity (Wildman–Crippen MR) is 102 cm³/mol. The molecule has 2 aromatic rings. The Bertz CT molecular complexity index is 663. The minimum Gasteiger partial charge on any atom is -0.343 e. The fourth-order valence-corrected chi connectivity index (χ4v) is 3.30. The lowest BCUT2D eigenvalue weighted by Crippen LogP contribution is -2.42. The molecule has 3 rings (SSSR count). The number of carbonyl (C=O) groups excluding carboxylic acids is 1. The van der Waals surface area contributed by atoms with Crippen LogP contribution in [0.25, 0.3) is 5.69 Å². The number of carbonyl (C=O) groups is 1. The molecule has 0 saturated carbocycles. The zero-order valence-corrected chi connectivity index (χ0v) is 15.5. The van der Waals surface area contributed by atoms with Gasteiger partial charge in [-0.3, -0.25) is 4.79 Å². The molecule has 136 valence electrons. The summed E-state index contributed by atoms with van der Waals surface area (Å²) in [6.07, 6.45) is 7.18. The van der Waals surface area contributed by atoms with E-state index in [1.54, 1.807) is 0 Å². The minimum atomic E-state index is 0. The van der Waals surface area contributed by atoms with E-state index in [0.29, 0.717) is 12.3 Å². The lowest BCUT2D eigenvalue weighted by atomic mass is 9.91. The molecule has 1 fully saturated rings. The first kappa shape index (κ1) is 19.5. The molecule has 1 aliphatic heterocycles. The van der Waals surface area contributed by atoms with Crippen LogP contribution in [0.1, 0.15) is 31.7 Å². The van der Waals surface area contributed by atoms with Gasteiger partial charge >= 0.3 is 0 Å². The third-order valence-electron chi connectivity index (χ3n) is 4.92. The summed E-state index contributed by atoms with van der Waals surface area (Å²) in [6, 6.07) is 10.2. The van der Waals surface area contributed by atoms with Crippen molar-refractivity contribution in [2.45, 2.75) is 38.6 Å². The van der Waals surface area contributed by atoms with Crippen LogP contribution >= 0.6 is 12.4 Å². The van der Waals surface area contributed by atoms with Crippen LogP contribution in [0.15, 0.2) is 42.7 Å². The summed E-state index contributed by atoms with van der Waals surface area (Å²) < 4.78 is 1.86. The maximum absolute atomic E-state index is 12.4. The number of rotatable bonds is 5. The second-order valence-electron chi connectivity index (χ2n) is 6.71. The zero-order valence-electron chi connectivity index (χ0n) is 14.7. The standard InChI is InChI=1S/C19H26N4O.ClH/c1-15(20)17-9-11-22(12-10-17)19(24)8-7-16-13-21-23(14-16)18-5-3-2-4-6-18;/h2-6,13-15,17H,7-12,20H2,1H3;1H. The first-order valence-electron chi connectivity index (χ1n) is 8.76. The molecule has 1 saturated heterocycles. The highest BCUT2D eigenvalue weighted by atomic mass is 35.5. The van der Waals surface area contributed by atoms with Crippen LogP contribution in [-0.2, 0) is 11.2 Å². The van der Waals surface area contributed by atoms with Gasteiger partial charge in [0, 0.05) is 31.7 Å². The van der Waals surface area contributed by atoms with Crippen molar-refractivity contribution in [1.82, 2.24) is 14.7 Å². The van der Waals surface area contributed by atoms with Crippen molar-refractivity contribution in [2.75, 3.05) is 13.1 Å². The van der Waals surface area contributed by atoms with Crippen LogP contribution in [0, 0.1) is 5.92 Å². The van der Waals surface area contributed by atoms with Crippen molar-refractivity contribution in [2.24, 2.45) is 11.7 Å². The van der Waals surface area contributed by atoms with E-state index < -0.39 is 0 Å². The Morgan fingerprint density at radius 2 is 1.96 bits per heavy atom. The summed E-state index contributed by atoms with van der Waals surface area (Å²) in [4.78, 5) is 14.4. The van der Waals surface area contributed by atoms with Gasteiger partial charge in [0.2, 0.25) is 5.91 Å². The molecule has 0 bridgehead atoms. The Morgan fingerprint density at radius 3 is 2.60 bits per heavy atom. The summed E-state index contributed by atoms with van der Waals surface area (Å²) >= 11 is 0. The summed E-state index contributed by atoms with van der Waals surface area (Å²) in [7, 11) is 0. The number of hydrogen-bond acceptors (Lipinski definition) is 3. The molecule has 1 aliphatic rings. The van der Waals surface area contributed by atoms with Crippen molar-refractivity contribution in [3.05, 3.63) is 48.3 Å². The molecule has 25 heavy (non-hydrogen) atoms. The molecule has 5 nitrogen and oxygen atoms in total. The monoisotopic (exact) mass is 362 g/mol. The fraction of sp³-hybridized carbons (Fsp3) is 0.474. The highest BCUT2D eigenvalue weighted by Gasteiger charge is 2.24. The van der Waals surface area contributed by atoms with Crippen molar-refractivity contribution in [3.63, 3.8) is 0 Å². The Kier molecular flexibility index (Phi) is 7.02. The van der Waals surface area contributed by atoms with E-state index in [1.807, 2.05) is 52.3 Å². The molecule has 0 spiro atoms. The SMILES string of the molecule is CC(N)C1CCN(C(=O)CCc2cnn(-c3ccccc3)c2)CC1.Cl. The fourth-order valence-electron chi connectivity index (χ4n) is 3.30. The van der Waals surface area contributed by atoms with Gasteiger partial charge in [0.15, 0.2) is 0 Å². The van der Waals surface area contributed by atoms with Crippen LogP contribution < -0.4 is 5.73 Å². The van der Waals surface area contributed by atoms with Crippen molar-refractivity contribution in [1.29, 1.82) is 0 Å². The van der Waals surface area contributed by atoms with Gasteiger partial charge in [-0.05, 0) is 49.8 Å². The van der Waals surface area contributed by atoms with Gasteiger partial charge in [0.05, 0.1) is 11.9 Å². The topological polar surface area (TPSA) is 64.2 Å². The van der Waals surface area contributed by atoms with Crippen molar-refractivity contribution >= 4 is 18.3 Å².